The van der Waals surface area contributed by atoms with Gasteiger partial charge in [0.25, 0.3) is 0 Å². The van der Waals surface area contributed by atoms with E-state index < -0.39 is 18.2 Å². The van der Waals surface area contributed by atoms with Gasteiger partial charge in [-0.25, -0.2) is 4.79 Å². The number of aromatic nitrogens is 2. The van der Waals surface area contributed by atoms with Gasteiger partial charge in [-0.3, -0.25) is 4.68 Å². The van der Waals surface area contributed by atoms with Gasteiger partial charge in [0.2, 0.25) is 0 Å². The molecule has 1 aliphatic carbocycles. The Morgan fingerprint density at radius 2 is 1.80 bits per heavy atom. The van der Waals surface area contributed by atoms with Crippen LogP contribution in [0.25, 0.3) is 10.9 Å². The molecule has 35 heavy (non-hydrogen) atoms. The summed E-state index contributed by atoms with van der Waals surface area (Å²) in [7, 11) is 3.18. The molecule has 2 N–H and O–H groups in total. The Balaban J connectivity index is 1.70. The molecule has 1 heterocycles. The number of methoxy groups -OCH3 is 2. The number of fused-ring (bicyclic) bond motifs is 1. The number of hydrogen-bond donors (Lipinski definition) is 2. The zero-order valence-electron chi connectivity index (χ0n) is 20.8. The zero-order valence-corrected chi connectivity index (χ0v) is 20.8. The molecule has 1 aliphatic rings. The van der Waals surface area contributed by atoms with Crippen LogP contribution in [-0.4, -0.2) is 52.4 Å². The first-order chi connectivity index (χ1) is 16.8. The molecule has 0 amide bonds. The highest BCUT2D eigenvalue weighted by atomic mass is 16.5. The summed E-state index contributed by atoms with van der Waals surface area (Å²) in [5.41, 5.74) is 3.03. The minimum atomic E-state index is -1.01. The molecule has 0 spiro atoms. The van der Waals surface area contributed by atoms with E-state index in [9.17, 15) is 15.0 Å². The Hall–Kier alpha value is -3.10. The van der Waals surface area contributed by atoms with Gasteiger partial charge >= 0.3 is 5.97 Å². The summed E-state index contributed by atoms with van der Waals surface area (Å²) in [6, 6.07) is 7.25. The van der Waals surface area contributed by atoms with E-state index in [-0.39, 0.29) is 18.2 Å². The second-order valence-electron chi connectivity index (χ2n) is 9.17. The number of hydrogen-bond acceptors (Lipinski definition) is 6. The second kappa shape index (κ2) is 10.7. The van der Waals surface area contributed by atoms with Crippen LogP contribution in [0.3, 0.4) is 0 Å². The first-order valence-corrected chi connectivity index (χ1v) is 12.1. The molecule has 0 aliphatic heterocycles. The smallest absolute Gasteiger partial charge is 0.337 e. The monoisotopic (exact) mass is 482 g/mol. The minimum absolute atomic E-state index is 0.0649. The molecule has 4 rings (SSSR count). The highest BCUT2D eigenvalue weighted by Gasteiger charge is 2.29. The lowest BCUT2D eigenvalue weighted by atomic mass is 10.0. The molecule has 2 unspecified atom stereocenters. The average Bonchev–Trinajstić information content (AvgIpc) is 3.51. The summed E-state index contributed by atoms with van der Waals surface area (Å²) in [5.74, 6) is 0.246. The minimum Gasteiger partial charge on any atom is -0.496 e. The number of nitrogens with zero attached hydrogens (tertiary/aromatic N) is 2. The number of carbonyl (C=O) groups is 1. The van der Waals surface area contributed by atoms with Crippen molar-refractivity contribution >= 4 is 16.9 Å². The van der Waals surface area contributed by atoms with Crippen molar-refractivity contribution in [2.75, 3.05) is 14.2 Å². The molecule has 8 heteroatoms. The van der Waals surface area contributed by atoms with Crippen molar-refractivity contribution in [2.24, 2.45) is 0 Å². The van der Waals surface area contributed by atoms with Crippen molar-refractivity contribution in [3.05, 3.63) is 52.7 Å². The van der Waals surface area contributed by atoms with Gasteiger partial charge in [0, 0.05) is 17.1 Å². The molecular weight excluding hydrogens is 448 g/mol. The molecule has 2 atom stereocenters. The molecule has 3 aromatic rings. The largest absolute Gasteiger partial charge is 0.496 e. The van der Waals surface area contributed by atoms with Crippen LogP contribution in [-0.2, 0) is 17.7 Å². The number of benzene rings is 2. The summed E-state index contributed by atoms with van der Waals surface area (Å²) in [6.07, 6.45) is 5.18. The zero-order chi connectivity index (χ0) is 25.1. The molecule has 0 bridgehead atoms. The Kier molecular flexibility index (Phi) is 7.62. The molecule has 0 radical (unpaired) electrons. The van der Waals surface area contributed by atoms with Crippen molar-refractivity contribution in [2.45, 2.75) is 70.8 Å². The molecule has 8 nitrogen and oxygen atoms in total. The van der Waals surface area contributed by atoms with E-state index in [1.807, 2.05) is 38.2 Å². The standard InChI is InChI=1S/C27H34N2O6/c1-5-17-10-19-14-29(28-25(19)21(11-17)27(31)32)15-24(35-20-8-6-7-9-20)26(30)18-12-22(33-3)16(2)23(13-18)34-4/h10-14,20,24,26,30H,5-9,15H2,1-4H3,(H,31,32). The topological polar surface area (TPSA) is 103 Å². The summed E-state index contributed by atoms with van der Waals surface area (Å²) < 4.78 is 19.1. The van der Waals surface area contributed by atoms with Crippen molar-refractivity contribution in [1.82, 2.24) is 9.78 Å². The number of aromatic carboxylic acids is 1. The SMILES string of the molecule is CCc1cc(C(=O)O)c2nn(CC(OC3CCCC3)C(O)c3cc(OC)c(C)c(OC)c3)cc2c1. The van der Waals surface area contributed by atoms with Gasteiger partial charge in [0.15, 0.2) is 0 Å². The molecule has 1 fully saturated rings. The highest BCUT2D eigenvalue weighted by Crippen LogP contribution is 2.35. The van der Waals surface area contributed by atoms with Crippen LogP contribution in [0.4, 0.5) is 0 Å². The highest BCUT2D eigenvalue weighted by molar-refractivity contribution is 6.02. The van der Waals surface area contributed by atoms with Crippen molar-refractivity contribution in [3.63, 3.8) is 0 Å². The van der Waals surface area contributed by atoms with Crippen LogP contribution in [0.2, 0.25) is 0 Å². The van der Waals surface area contributed by atoms with E-state index in [1.54, 1.807) is 25.0 Å². The normalized spacial score (nSPS) is 15.9. The molecular formula is C27H34N2O6. The first-order valence-electron chi connectivity index (χ1n) is 12.1. The molecule has 188 valence electrons. The van der Waals surface area contributed by atoms with Gasteiger partial charge in [-0.15, -0.1) is 0 Å². The number of aliphatic hydroxyl groups excluding tert-OH is 1. The van der Waals surface area contributed by atoms with Crippen LogP contribution in [0.1, 0.15) is 65.8 Å². The first kappa shape index (κ1) is 25.0. The van der Waals surface area contributed by atoms with E-state index in [0.29, 0.717) is 22.6 Å². The van der Waals surface area contributed by atoms with Crippen molar-refractivity contribution < 1.29 is 29.2 Å². The molecule has 1 aromatic heterocycles. The third-order valence-electron chi connectivity index (χ3n) is 6.86. The predicted molar refractivity (Wildman–Crippen MR) is 132 cm³/mol. The van der Waals surface area contributed by atoms with E-state index in [1.165, 1.54) is 0 Å². The van der Waals surface area contributed by atoms with Crippen LogP contribution in [0.5, 0.6) is 11.5 Å². The number of aliphatic hydroxyl groups is 1. The summed E-state index contributed by atoms with van der Waals surface area (Å²) in [4.78, 5) is 11.8. The Labute approximate surface area is 205 Å². The molecule has 2 aromatic carbocycles. The maximum Gasteiger partial charge on any atom is 0.337 e. The second-order valence-corrected chi connectivity index (χ2v) is 9.17. The fraction of sp³-hybridized carbons (Fsp3) is 0.481. The summed E-state index contributed by atoms with van der Waals surface area (Å²) >= 11 is 0. The van der Waals surface area contributed by atoms with E-state index in [4.69, 9.17) is 14.2 Å². The van der Waals surface area contributed by atoms with Crippen molar-refractivity contribution in [1.29, 1.82) is 0 Å². The lowest BCUT2D eigenvalue weighted by Crippen LogP contribution is -2.31. The lowest BCUT2D eigenvalue weighted by molar-refractivity contribution is -0.0845. The van der Waals surface area contributed by atoms with E-state index >= 15 is 0 Å². The number of carboxylic acid groups (broad SMARTS) is 1. The number of rotatable bonds is 10. The van der Waals surface area contributed by atoms with Crippen LogP contribution in [0.15, 0.2) is 30.5 Å². The summed E-state index contributed by atoms with van der Waals surface area (Å²) in [6.45, 7) is 4.16. The van der Waals surface area contributed by atoms with Gasteiger partial charge in [-0.2, -0.15) is 5.10 Å². The van der Waals surface area contributed by atoms with Gasteiger partial charge in [0.1, 0.15) is 29.2 Å². The predicted octanol–water partition coefficient (Wildman–Crippen LogP) is 4.68. The fourth-order valence-electron chi connectivity index (χ4n) is 4.87. The van der Waals surface area contributed by atoms with Gasteiger partial charge in [0.05, 0.1) is 32.4 Å². The quantitative estimate of drug-likeness (QED) is 0.432. The van der Waals surface area contributed by atoms with E-state index in [2.05, 4.69) is 5.10 Å². The maximum absolute atomic E-state index is 11.8. The fourth-order valence-corrected chi connectivity index (χ4v) is 4.87. The van der Waals surface area contributed by atoms with Gasteiger partial charge in [-0.05, 0) is 61.6 Å². The molecule has 0 saturated heterocycles. The average molecular weight is 483 g/mol. The van der Waals surface area contributed by atoms with Crippen molar-refractivity contribution in [3.8, 4) is 11.5 Å². The Bertz CT molecular complexity index is 1170. The third kappa shape index (κ3) is 5.28. The Morgan fingerprint density at radius 3 is 2.37 bits per heavy atom. The van der Waals surface area contributed by atoms with E-state index in [0.717, 1.165) is 48.6 Å². The molecule has 1 saturated carbocycles. The van der Waals surface area contributed by atoms with Crippen LogP contribution >= 0.6 is 0 Å². The lowest BCUT2D eigenvalue weighted by Gasteiger charge is -2.27. The van der Waals surface area contributed by atoms with Crippen LogP contribution in [0, 0.1) is 6.92 Å². The maximum atomic E-state index is 11.8. The number of carboxylic acids is 1. The van der Waals surface area contributed by atoms with Gasteiger partial charge in [-0.1, -0.05) is 19.8 Å². The number of ether oxygens (including phenoxy) is 3. The Morgan fingerprint density at radius 1 is 1.14 bits per heavy atom. The van der Waals surface area contributed by atoms with Crippen LogP contribution < -0.4 is 9.47 Å². The number of aryl methyl sites for hydroxylation is 1. The summed E-state index contributed by atoms with van der Waals surface area (Å²) in [5, 5.41) is 26.5. The third-order valence-corrected chi connectivity index (χ3v) is 6.86. The van der Waals surface area contributed by atoms with Gasteiger partial charge < -0.3 is 24.4 Å².